The second kappa shape index (κ2) is 24.2. The number of carboxylic acids is 1. The van der Waals surface area contributed by atoms with Crippen LogP contribution in [0.5, 0.6) is 11.5 Å². The number of piperidine rings is 1. The SMILES string of the molecule is COCC(NC(=O)C(C)NCc1c(F)cc(Cl)cc1Oc1ccc(-c2cnc(CN(C(=O)OC(C)(C)C)C(C)(C)C)n2C)cc1)C(=O)N(C)[C@@]1(Cc2ccc(Cl)cc2)CCCN(C(=O)C(CC(=O)O)C2CC(F)(F)C2)C1. The zero-order valence-electron chi connectivity index (χ0n) is 44.8. The number of carbonyl (C=O) groups excluding carboxylic acids is 4. The van der Waals surface area contributed by atoms with Crippen LogP contribution in [-0.2, 0) is 55.2 Å². The molecule has 0 bridgehead atoms. The Morgan fingerprint density at radius 1 is 0.974 bits per heavy atom. The van der Waals surface area contributed by atoms with Gasteiger partial charge in [0.15, 0.2) is 0 Å². The Balaban J connectivity index is 1.14. The van der Waals surface area contributed by atoms with Crippen molar-refractivity contribution in [3.05, 3.63) is 99.7 Å². The van der Waals surface area contributed by atoms with Crippen LogP contribution in [0.25, 0.3) is 11.3 Å². The van der Waals surface area contributed by atoms with Crippen molar-refractivity contribution in [3.63, 3.8) is 0 Å². The van der Waals surface area contributed by atoms with Crippen molar-refractivity contribution in [1.29, 1.82) is 0 Å². The van der Waals surface area contributed by atoms with E-state index in [0.717, 1.165) is 22.9 Å². The van der Waals surface area contributed by atoms with Gasteiger partial charge < -0.3 is 44.3 Å². The number of hydrogen-bond donors (Lipinski definition) is 3. The number of aromatic nitrogens is 2. The predicted molar refractivity (Wildman–Crippen MR) is 282 cm³/mol. The fourth-order valence-corrected chi connectivity index (χ4v) is 10.0. The maximum absolute atomic E-state index is 15.8. The zero-order valence-corrected chi connectivity index (χ0v) is 46.3. The highest BCUT2D eigenvalue weighted by Gasteiger charge is 2.53. The number of benzene rings is 3. The van der Waals surface area contributed by atoms with E-state index in [1.54, 1.807) is 61.5 Å². The average Bonchev–Trinajstić information content (AvgIpc) is 3.69. The number of likely N-dealkylation sites (tertiary alicyclic amines) is 1. The molecule has 4 amide bonds. The first-order chi connectivity index (χ1) is 35.5. The third kappa shape index (κ3) is 15.0. The summed E-state index contributed by atoms with van der Waals surface area (Å²) in [5, 5.41) is 16.1. The third-order valence-corrected chi connectivity index (χ3v) is 14.5. The van der Waals surface area contributed by atoms with Gasteiger partial charge in [-0.15, -0.1) is 0 Å². The predicted octanol–water partition coefficient (Wildman–Crippen LogP) is 9.67. The van der Waals surface area contributed by atoms with Crippen molar-refractivity contribution in [2.45, 2.75) is 135 Å². The van der Waals surface area contributed by atoms with Crippen molar-refractivity contribution < 1.29 is 56.5 Å². The van der Waals surface area contributed by atoms with Crippen molar-refractivity contribution >= 4 is 53.0 Å². The van der Waals surface area contributed by atoms with E-state index in [-0.39, 0.29) is 55.5 Å². The van der Waals surface area contributed by atoms with E-state index >= 15 is 4.39 Å². The first kappa shape index (κ1) is 59.4. The minimum absolute atomic E-state index is 0.0382. The Labute approximate surface area is 452 Å². The highest BCUT2D eigenvalue weighted by atomic mass is 35.5. The number of halogens is 5. The number of nitrogens with zero attached hydrogens (tertiary/aromatic N) is 5. The summed E-state index contributed by atoms with van der Waals surface area (Å²) in [5.41, 5.74) is 0.0677. The number of aliphatic carboxylic acids is 1. The van der Waals surface area contributed by atoms with Crippen LogP contribution in [0.4, 0.5) is 18.0 Å². The smallest absolute Gasteiger partial charge is 0.411 e. The maximum atomic E-state index is 15.8. The standard InChI is InChI=1S/C55H70Cl2F3N7O9/c1-33(61-28-41-42(58)22-38(57)23-45(41)75-39-18-14-35(15-19-39)44-29-62-46(64(44)8)30-67(52(2,3)4)51(73)76-53(5,6)7)48(70)63-43(31-74-10)50(72)65(9)54(25-34-12-16-37(56)17-13-34)20-11-21-66(32-54)49(71)40(24-47(68)69)36-26-55(59,60)27-36/h12-19,22-23,29,33,36,40,43,61H,11,20-21,24-28,30-32H2,1-10H3,(H,63,70)(H,68,69)/t33?,40?,43?,54-/m1/s1. The van der Waals surface area contributed by atoms with E-state index in [4.69, 9.17) is 37.4 Å². The highest BCUT2D eigenvalue weighted by Crippen LogP contribution is 2.48. The molecular formula is C55H70Cl2F3N7O9. The van der Waals surface area contributed by atoms with E-state index in [1.165, 1.54) is 23.0 Å². The topological polar surface area (TPSA) is 185 Å². The summed E-state index contributed by atoms with van der Waals surface area (Å²) >= 11 is 12.5. The lowest BCUT2D eigenvalue weighted by Crippen LogP contribution is -2.65. The molecular weight excluding hydrogens is 1030 g/mol. The van der Waals surface area contributed by atoms with E-state index in [0.29, 0.717) is 29.4 Å². The molecule has 6 rings (SSSR count). The number of imidazole rings is 1. The number of hydrogen-bond acceptors (Lipinski definition) is 10. The summed E-state index contributed by atoms with van der Waals surface area (Å²) in [5.74, 6) is -7.58. The molecule has 2 heterocycles. The molecule has 1 aromatic heterocycles. The van der Waals surface area contributed by atoms with E-state index in [1.807, 2.05) is 65.3 Å². The van der Waals surface area contributed by atoms with Crippen LogP contribution >= 0.6 is 23.2 Å². The fraction of sp³-hybridized carbons (Fsp3) is 0.527. The van der Waals surface area contributed by atoms with Gasteiger partial charge in [0.05, 0.1) is 49.0 Å². The highest BCUT2D eigenvalue weighted by molar-refractivity contribution is 6.31. The molecule has 0 radical (unpaired) electrons. The maximum Gasteiger partial charge on any atom is 0.411 e. The van der Waals surface area contributed by atoms with Gasteiger partial charge in [-0.2, -0.15) is 0 Å². The number of amides is 4. The lowest BCUT2D eigenvalue weighted by molar-refractivity contribution is -0.164. The lowest BCUT2D eigenvalue weighted by atomic mass is 9.71. The Bertz CT molecular complexity index is 2720. The number of nitrogens with one attached hydrogen (secondary N) is 2. The third-order valence-electron chi connectivity index (χ3n) is 14.0. The van der Waals surface area contributed by atoms with Gasteiger partial charge in [0.1, 0.15) is 34.8 Å². The van der Waals surface area contributed by atoms with Crippen molar-refractivity contribution in [3.8, 4) is 22.8 Å². The number of ether oxygens (including phenoxy) is 3. The summed E-state index contributed by atoms with van der Waals surface area (Å²) in [6.07, 6.45) is 0.514. The van der Waals surface area contributed by atoms with Gasteiger partial charge in [0, 0.05) is 80.4 Å². The molecule has 4 atom stereocenters. The molecule has 1 saturated heterocycles. The van der Waals surface area contributed by atoms with E-state index in [9.17, 15) is 37.9 Å². The monoisotopic (exact) mass is 1100 g/mol. The molecule has 3 unspecified atom stereocenters. The number of carbonyl (C=O) groups is 5. The Hall–Kier alpha value is -5.89. The van der Waals surface area contributed by atoms with Crippen LogP contribution in [0.3, 0.4) is 0 Å². The number of carboxylic acid groups (broad SMARTS) is 1. The summed E-state index contributed by atoms with van der Waals surface area (Å²) in [6.45, 7) is 12.7. The molecule has 1 saturated carbocycles. The minimum Gasteiger partial charge on any atom is -0.481 e. The molecule has 2 fully saturated rings. The van der Waals surface area contributed by atoms with Crippen molar-refractivity contribution in [2.75, 3.05) is 33.9 Å². The summed E-state index contributed by atoms with van der Waals surface area (Å²) in [6, 6.07) is 14.4. The molecule has 21 heteroatoms. The second-order valence-electron chi connectivity index (χ2n) is 22.0. The molecule has 16 nitrogen and oxygen atoms in total. The Kier molecular flexibility index (Phi) is 18.9. The van der Waals surface area contributed by atoms with Crippen LogP contribution in [0, 0.1) is 17.7 Å². The number of rotatable bonds is 20. The second-order valence-corrected chi connectivity index (χ2v) is 22.9. The minimum atomic E-state index is -2.97. The van der Waals surface area contributed by atoms with Gasteiger partial charge in [-0.1, -0.05) is 35.3 Å². The molecule has 76 heavy (non-hydrogen) atoms. The molecule has 3 N–H and O–H groups in total. The normalized spacial score (nSPS) is 18.0. The molecule has 4 aromatic rings. The Morgan fingerprint density at radius 3 is 2.22 bits per heavy atom. The van der Waals surface area contributed by atoms with Gasteiger partial charge in [0.2, 0.25) is 23.6 Å². The van der Waals surface area contributed by atoms with Crippen LogP contribution < -0.4 is 15.4 Å². The average molecular weight is 1100 g/mol. The van der Waals surface area contributed by atoms with Gasteiger partial charge >= 0.3 is 12.1 Å². The van der Waals surface area contributed by atoms with Crippen molar-refractivity contribution in [1.82, 2.24) is 34.9 Å². The molecule has 1 aliphatic carbocycles. The van der Waals surface area contributed by atoms with Gasteiger partial charge in [-0.05, 0) is 128 Å². The molecule has 414 valence electrons. The summed E-state index contributed by atoms with van der Waals surface area (Å²) in [4.78, 5) is 77.1. The summed E-state index contributed by atoms with van der Waals surface area (Å²) < 4.78 is 63.0. The molecule has 3 aromatic carbocycles. The molecule has 0 spiro atoms. The quantitative estimate of drug-likeness (QED) is 0.0766. The molecule has 1 aliphatic heterocycles. The van der Waals surface area contributed by atoms with Crippen LogP contribution in [0.2, 0.25) is 10.0 Å². The fourth-order valence-electron chi connectivity index (χ4n) is 9.70. The van der Waals surface area contributed by atoms with Crippen LogP contribution in [0.1, 0.15) is 97.5 Å². The van der Waals surface area contributed by atoms with Crippen molar-refractivity contribution in [2.24, 2.45) is 18.9 Å². The van der Waals surface area contributed by atoms with Crippen LogP contribution in [-0.4, -0.2) is 128 Å². The van der Waals surface area contributed by atoms with Gasteiger partial charge in [-0.25, -0.2) is 22.9 Å². The molecule has 2 aliphatic rings. The number of methoxy groups -OCH3 is 1. The first-order valence-corrected chi connectivity index (χ1v) is 26.0. The number of likely N-dealkylation sites (N-methyl/N-ethyl adjacent to an activating group) is 1. The zero-order chi connectivity index (χ0) is 56.1. The van der Waals surface area contributed by atoms with E-state index < -0.39 is 101 Å². The van der Waals surface area contributed by atoms with Gasteiger partial charge in [0.25, 0.3) is 0 Å². The van der Waals surface area contributed by atoms with E-state index in [2.05, 4.69) is 15.6 Å². The largest absolute Gasteiger partial charge is 0.481 e. The summed E-state index contributed by atoms with van der Waals surface area (Å²) in [7, 11) is 4.79. The number of alkyl halides is 2. The first-order valence-electron chi connectivity index (χ1n) is 25.2. The van der Waals surface area contributed by atoms with Gasteiger partial charge in [-0.3, -0.25) is 24.1 Å². The Morgan fingerprint density at radius 2 is 1.63 bits per heavy atom. The van der Waals surface area contributed by atoms with Crippen LogP contribution in [0.15, 0.2) is 66.9 Å². The lowest BCUT2D eigenvalue weighted by Gasteiger charge is -2.50.